The van der Waals surface area contributed by atoms with E-state index in [-0.39, 0.29) is 11.9 Å². The van der Waals surface area contributed by atoms with E-state index in [9.17, 15) is 4.79 Å². The molecule has 0 bridgehead atoms. The molecule has 3 nitrogen and oxygen atoms in total. The van der Waals surface area contributed by atoms with Gasteiger partial charge < -0.3 is 10.1 Å². The van der Waals surface area contributed by atoms with Gasteiger partial charge >= 0.3 is 0 Å². The number of benzene rings is 1. The first kappa shape index (κ1) is 14.3. The number of methoxy groups -OCH3 is 1. The first-order valence-electron chi connectivity index (χ1n) is 5.24. The minimum Gasteiger partial charge on any atom is -0.496 e. The standard InChI is InChI=1S/C12H15BrClNO2/c1-8(15-12(16)7-13)5-9-3-4-10(14)6-11(9)17-2/h3-4,6,8H,5,7H2,1-2H3,(H,15,16). The van der Waals surface area contributed by atoms with E-state index in [1.54, 1.807) is 13.2 Å². The van der Waals surface area contributed by atoms with E-state index in [0.717, 1.165) is 11.3 Å². The lowest BCUT2D eigenvalue weighted by atomic mass is 10.1. The van der Waals surface area contributed by atoms with Gasteiger partial charge in [0.25, 0.3) is 0 Å². The zero-order valence-corrected chi connectivity index (χ0v) is 12.1. The Bertz CT molecular complexity index is 398. The molecule has 1 amide bonds. The second kappa shape index (κ2) is 6.87. The summed E-state index contributed by atoms with van der Waals surface area (Å²) in [5.41, 5.74) is 1.03. The van der Waals surface area contributed by atoms with Gasteiger partial charge in [0.2, 0.25) is 5.91 Å². The van der Waals surface area contributed by atoms with Crippen LogP contribution in [0.2, 0.25) is 5.02 Å². The Balaban J connectivity index is 2.70. The number of ether oxygens (including phenoxy) is 1. The average molecular weight is 321 g/mol. The van der Waals surface area contributed by atoms with Gasteiger partial charge in [-0.1, -0.05) is 33.6 Å². The smallest absolute Gasteiger partial charge is 0.230 e. The molecule has 0 saturated carbocycles. The minimum absolute atomic E-state index is 0.0227. The van der Waals surface area contributed by atoms with Crippen molar-refractivity contribution in [1.29, 1.82) is 0 Å². The molecule has 0 aliphatic rings. The number of carbonyl (C=O) groups excluding carboxylic acids is 1. The fourth-order valence-corrected chi connectivity index (χ4v) is 1.91. The van der Waals surface area contributed by atoms with E-state index < -0.39 is 0 Å². The molecule has 1 rings (SSSR count). The van der Waals surface area contributed by atoms with Gasteiger partial charge in [0.05, 0.1) is 12.4 Å². The topological polar surface area (TPSA) is 38.3 Å². The van der Waals surface area contributed by atoms with E-state index in [2.05, 4.69) is 21.2 Å². The predicted octanol–water partition coefficient (Wildman–Crippen LogP) is 2.79. The molecule has 0 aliphatic carbocycles. The number of hydrogen-bond donors (Lipinski definition) is 1. The maximum Gasteiger partial charge on any atom is 0.230 e. The first-order chi connectivity index (χ1) is 8.06. The van der Waals surface area contributed by atoms with Gasteiger partial charge in [0.15, 0.2) is 0 Å². The van der Waals surface area contributed by atoms with Gasteiger partial charge in [-0.3, -0.25) is 4.79 Å². The van der Waals surface area contributed by atoms with Crippen LogP contribution < -0.4 is 10.1 Å². The van der Waals surface area contributed by atoms with Gasteiger partial charge in [-0.2, -0.15) is 0 Å². The van der Waals surface area contributed by atoms with Crippen molar-refractivity contribution in [2.24, 2.45) is 0 Å². The molecule has 94 valence electrons. The molecule has 0 aliphatic heterocycles. The highest BCUT2D eigenvalue weighted by Gasteiger charge is 2.10. The number of amides is 1. The van der Waals surface area contributed by atoms with Crippen LogP contribution in [0.25, 0.3) is 0 Å². The van der Waals surface area contributed by atoms with Crippen molar-refractivity contribution >= 4 is 33.4 Å². The lowest BCUT2D eigenvalue weighted by molar-refractivity contribution is -0.119. The molecule has 0 heterocycles. The first-order valence-corrected chi connectivity index (χ1v) is 6.74. The third-order valence-electron chi connectivity index (χ3n) is 2.30. The maximum absolute atomic E-state index is 11.2. The molecule has 0 spiro atoms. The molecule has 0 saturated heterocycles. The Morgan fingerprint density at radius 1 is 1.59 bits per heavy atom. The number of nitrogens with one attached hydrogen (secondary N) is 1. The summed E-state index contributed by atoms with van der Waals surface area (Å²) in [5.74, 6) is 0.725. The molecular formula is C12H15BrClNO2. The van der Waals surface area contributed by atoms with E-state index >= 15 is 0 Å². The molecule has 1 atom stereocenters. The number of alkyl halides is 1. The molecule has 0 aromatic heterocycles. The molecule has 1 aromatic carbocycles. The summed E-state index contributed by atoms with van der Waals surface area (Å²) in [6.07, 6.45) is 0.707. The summed E-state index contributed by atoms with van der Waals surface area (Å²) in [6.45, 7) is 1.95. The number of hydrogen-bond acceptors (Lipinski definition) is 2. The van der Waals surface area contributed by atoms with Gasteiger partial charge in [-0.05, 0) is 31.0 Å². The Labute approximate surface area is 115 Å². The number of rotatable bonds is 5. The van der Waals surface area contributed by atoms with Gasteiger partial charge in [0, 0.05) is 11.1 Å². The summed E-state index contributed by atoms with van der Waals surface area (Å²) in [6, 6.07) is 5.56. The highest BCUT2D eigenvalue weighted by molar-refractivity contribution is 9.09. The molecular weight excluding hydrogens is 305 g/mol. The largest absolute Gasteiger partial charge is 0.496 e. The maximum atomic E-state index is 11.2. The van der Waals surface area contributed by atoms with Crippen LogP contribution in [0, 0.1) is 0 Å². The monoisotopic (exact) mass is 319 g/mol. The molecule has 1 aromatic rings. The van der Waals surface area contributed by atoms with Crippen molar-refractivity contribution in [3.05, 3.63) is 28.8 Å². The fourth-order valence-electron chi connectivity index (χ4n) is 1.58. The minimum atomic E-state index is -0.0227. The van der Waals surface area contributed by atoms with Crippen molar-refractivity contribution in [1.82, 2.24) is 5.32 Å². The quantitative estimate of drug-likeness (QED) is 0.847. The van der Waals surface area contributed by atoms with E-state index in [1.807, 2.05) is 19.1 Å². The fraction of sp³-hybridized carbons (Fsp3) is 0.417. The molecule has 5 heteroatoms. The number of carbonyl (C=O) groups is 1. The van der Waals surface area contributed by atoms with Crippen molar-refractivity contribution in [3.8, 4) is 5.75 Å². The Kier molecular flexibility index (Phi) is 5.78. The van der Waals surface area contributed by atoms with Gasteiger partial charge in [-0.25, -0.2) is 0 Å². The van der Waals surface area contributed by atoms with E-state index in [1.165, 1.54) is 0 Å². The van der Waals surface area contributed by atoms with Crippen molar-refractivity contribution < 1.29 is 9.53 Å². The summed E-state index contributed by atoms with van der Waals surface area (Å²) >= 11 is 9.00. The van der Waals surface area contributed by atoms with E-state index in [0.29, 0.717) is 16.8 Å². The predicted molar refractivity (Wildman–Crippen MR) is 73.1 cm³/mol. The second-order valence-corrected chi connectivity index (χ2v) is 4.76. The third kappa shape index (κ3) is 4.56. The van der Waals surface area contributed by atoms with Crippen LogP contribution in [0.15, 0.2) is 18.2 Å². The van der Waals surface area contributed by atoms with Crippen LogP contribution in [-0.2, 0) is 11.2 Å². The highest BCUT2D eigenvalue weighted by atomic mass is 79.9. The second-order valence-electron chi connectivity index (χ2n) is 3.76. The lowest BCUT2D eigenvalue weighted by Gasteiger charge is -2.15. The third-order valence-corrected chi connectivity index (χ3v) is 3.05. The summed E-state index contributed by atoms with van der Waals surface area (Å²) < 4.78 is 5.25. The lowest BCUT2D eigenvalue weighted by Crippen LogP contribution is -2.34. The van der Waals surface area contributed by atoms with Crippen LogP contribution in [0.1, 0.15) is 12.5 Å². The SMILES string of the molecule is COc1cc(Cl)ccc1CC(C)NC(=O)CBr. The Morgan fingerprint density at radius 2 is 2.29 bits per heavy atom. The van der Waals surface area contributed by atoms with Crippen molar-refractivity contribution in [2.45, 2.75) is 19.4 Å². The van der Waals surface area contributed by atoms with Crippen LogP contribution in [0.3, 0.4) is 0 Å². The van der Waals surface area contributed by atoms with Crippen molar-refractivity contribution in [3.63, 3.8) is 0 Å². The molecule has 1 N–H and O–H groups in total. The zero-order chi connectivity index (χ0) is 12.8. The molecule has 0 fully saturated rings. The van der Waals surface area contributed by atoms with Crippen LogP contribution in [0.4, 0.5) is 0 Å². The zero-order valence-electron chi connectivity index (χ0n) is 9.80. The molecule has 0 radical (unpaired) electrons. The summed E-state index contributed by atoms with van der Waals surface area (Å²) in [5, 5.41) is 3.83. The summed E-state index contributed by atoms with van der Waals surface area (Å²) in [4.78, 5) is 11.2. The van der Waals surface area contributed by atoms with Gasteiger partial charge in [0.1, 0.15) is 5.75 Å². The van der Waals surface area contributed by atoms with Gasteiger partial charge in [-0.15, -0.1) is 0 Å². The van der Waals surface area contributed by atoms with Crippen LogP contribution in [0.5, 0.6) is 5.75 Å². The highest BCUT2D eigenvalue weighted by Crippen LogP contribution is 2.24. The average Bonchev–Trinajstić information content (AvgIpc) is 2.31. The van der Waals surface area contributed by atoms with Crippen molar-refractivity contribution in [2.75, 3.05) is 12.4 Å². The molecule has 1 unspecified atom stereocenters. The number of halogens is 2. The molecule has 17 heavy (non-hydrogen) atoms. The Hall–Kier alpha value is -0.740. The van der Waals surface area contributed by atoms with Crippen LogP contribution >= 0.6 is 27.5 Å². The van der Waals surface area contributed by atoms with Crippen LogP contribution in [-0.4, -0.2) is 24.4 Å². The van der Waals surface area contributed by atoms with E-state index in [4.69, 9.17) is 16.3 Å². The Morgan fingerprint density at radius 3 is 2.88 bits per heavy atom. The summed E-state index contributed by atoms with van der Waals surface area (Å²) in [7, 11) is 1.61. The normalized spacial score (nSPS) is 12.0.